The highest BCUT2D eigenvalue weighted by molar-refractivity contribution is 5.91. The third-order valence-electron chi connectivity index (χ3n) is 1.72. The number of benzene rings is 1. The Bertz CT molecular complexity index is 353. The van der Waals surface area contributed by atoms with Gasteiger partial charge < -0.3 is 10.2 Å². The highest BCUT2D eigenvalue weighted by Gasteiger charge is 2.01. The Morgan fingerprint density at radius 2 is 2.14 bits per heavy atom. The second-order valence-electron chi connectivity index (χ2n) is 2.99. The normalized spacial score (nSPS) is 11.1. The third-order valence-corrected chi connectivity index (χ3v) is 1.72. The third kappa shape index (κ3) is 3.12. The molecule has 74 valence electrons. The van der Waals surface area contributed by atoms with Crippen LogP contribution in [0.1, 0.15) is 24.3 Å². The molecule has 2 N–H and O–H groups in total. The van der Waals surface area contributed by atoms with Crippen LogP contribution in [0, 0.1) is 0 Å². The summed E-state index contributed by atoms with van der Waals surface area (Å²) in [5, 5.41) is 17.8. The molecule has 0 aliphatic carbocycles. The maximum absolute atomic E-state index is 10.7. The van der Waals surface area contributed by atoms with Gasteiger partial charge in [0.2, 0.25) is 0 Å². The van der Waals surface area contributed by atoms with Crippen LogP contribution in [0.3, 0.4) is 0 Å². The maximum Gasteiger partial charge on any atom is 0.178 e. The first kappa shape index (κ1) is 10.6. The first-order valence-electron chi connectivity index (χ1n) is 4.24. The smallest absolute Gasteiger partial charge is 0.178 e. The van der Waals surface area contributed by atoms with E-state index in [1.807, 2.05) is 0 Å². The molecule has 0 fully saturated rings. The van der Waals surface area contributed by atoms with E-state index in [0.717, 1.165) is 5.56 Å². The van der Waals surface area contributed by atoms with Gasteiger partial charge in [-0.3, -0.25) is 4.79 Å². The molecule has 0 amide bonds. The van der Waals surface area contributed by atoms with Gasteiger partial charge in [0.1, 0.15) is 0 Å². The quantitative estimate of drug-likeness (QED) is 0.560. The summed E-state index contributed by atoms with van der Waals surface area (Å²) >= 11 is 0. The topological polar surface area (TPSA) is 57.5 Å². The molecule has 0 bridgehead atoms. The molecule has 3 nitrogen and oxygen atoms in total. The lowest BCUT2D eigenvalue weighted by Crippen LogP contribution is -1.94. The van der Waals surface area contributed by atoms with E-state index >= 15 is 0 Å². The fourth-order valence-corrected chi connectivity index (χ4v) is 1.04. The van der Waals surface area contributed by atoms with Crippen LogP contribution in [0.2, 0.25) is 0 Å². The van der Waals surface area contributed by atoms with Crippen LogP contribution in [0.25, 0.3) is 6.08 Å². The van der Waals surface area contributed by atoms with E-state index in [4.69, 9.17) is 10.2 Å². The Kier molecular flexibility index (Phi) is 3.56. The lowest BCUT2D eigenvalue weighted by atomic mass is 10.1. The van der Waals surface area contributed by atoms with Crippen molar-refractivity contribution in [2.24, 2.45) is 0 Å². The molecule has 3 heteroatoms. The monoisotopic (exact) mass is 192 g/mol. The number of carbonyl (C=O) groups excluding carboxylic acids is 1. The zero-order chi connectivity index (χ0) is 10.6. The van der Waals surface area contributed by atoms with Crippen molar-refractivity contribution in [3.8, 4) is 0 Å². The van der Waals surface area contributed by atoms with Crippen LogP contribution in [0.4, 0.5) is 0 Å². The van der Waals surface area contributed by atoms with Gasteiger partial charge in [0, 0.05) is 5.56 Å². The molecule has 1 rings (SSSR count). The fourth-order valence-electron chi connectivity index (χ4n) is 1.04. The van der Waals surface area contributed by atoms with Gasteiger partial charge in [0.15, 0.2) is 12.1 Å². The number of carbonyl (C=O) groups is 1. The molecule has 14 heavy (non-hydrogen) atoms. The van der Waals surface area contributed by atoms with Crippen LogP contribution in [-0.2, 0) is 4.79 Å². The van der Waals surface area contributed by atoms with Gasteiger partial charge in [-0.15, -0.1) is 0 Å². The zero-order valence-corrected chi connectivity index (χ0v) is 7.84. The minimum Gasteiger partial charge on any atom is -0.364 e. The van der Waals surface area contributed by atoms with Gasteiger partial charge in [-0.25, -0.2) is 0 Å². The van der Waals surface area contributed by atoms with Crippen LogP contribution in [0.15, 0.2) is 30.3 Å². The lowest BCUT2D eigenvalue weighted by Gasteiger charge is -2.03. The van der Waals surface area contributed by atoms with Crippen LogP contribution in [0.5, 0.6) is 0 Å². The lowest BCUT2D eigenvalue weighted by molar-refractivity contribution is -0.112. The SMILES string of the molecule is CC(=O)/C=C/c1cccc(C(O)O)c1. The van der Waals surface area contributed by atoms with Crippen molar-refractivity contribution in [2.45, 2.75) is 13.2 Å². The summed E-state index contributed by atoms with van der Waals surface area (Å²) in [6.07, 6.45) is 1.59. The van der Waals surface area contributed by atoms with E-state index in [-0.39, 0.29) is 5.78 Å². The van der Waals surface area contributed by atoms with E-state index in [1.54, 1.807) is 30.3 Å². The van der Waals surface area contributed by atoms with E-state index in [1.165, 1.54) is 13.0 Å². The standard InChI is InChI=1S/C11H12O3/c1-8(12)5-6-9-3-2-4-10(7-9)11(13)14/h2-7,11,13-14H,1H3/b6-5+. The van der Waals surface area contributed by atoms with Crippen molar-refractivity contribution >= 4 is 11.9 Å². The molecular weight excluding hydrogens is 180 g/mol. The Morgan fingerprint density at radius 3 is 2.71 bits per heavy atom. The van der Waals surface area contributed by atoms with E-state index in [2.05, 4.69) is 0 Å². The Labute approximate surface area is 82.3 Å². The largest absolute Gasteiger partial charge is 0.364 e. The van der Waals surface area contributed by atoms with E-state index in [0.29, 0.717) is 5.56 Å². The highest BCUT2D eigenvalue weighted by atomic mass is 16.5. The summed E-state index contributed by atoms with van der Waals surface area (Å²) in [5.41, 5.74) is 1.18. The van der Waals surface area contributed by atoms with Gasteiger partial charge in [-0.2, -0.15) is 0 Å². The minimum absolute atomic E-state index is 0.0417. The molecule has 0 heterocycles. The summed E-state index contributed by atoms with van der Waals surface area (Å²) < 4.78 is 0. The summed E-state index contributed by atoms with van der Waals surface area (Å²) in [5.74, 6) is -0.0417. The molecule has 0 aliphatic heterocycles. The fraction of sp³-hybridized carbons (Fsp3) is 0.182. The maximum atomic E-state index is 10.7. The molecule has 0 saturated carbocycles. The second kappa shape index (κ2) is 4.69. The number of ketones is 1. The van der Waals surface area contributed by atoms with E-state index in [9.17, 15) is 4.79 Å². The molecule has 0 radical (unpaired) electrons. The number of hydrogen-bond acceptors (Lipinski definition) is 3. The van der Waals surface area contributed by atoms with Crippen LogP contribution in [-0.4, -0.2) is 16.0 Å². The van der Waals surface area contributed by atoms with Gasteiger partial charge >= 0.3 is 0 Å². The van der Waals surface area contributed by atoms with Crippen molar-refractivity contribution in [3.05, 3.63) is 41.5 Å². The van der Waals surface area contributed by atoms with Gasteiger partial charge in [0.25, 0.3) is 0 Å². The first-order chi connectivity index (χ1) is 6.59. The molecule has 0 aliphatic rings. The van der Waals surface area contributed by atoms with Crippen molar-refractivity contribution in [3.63, 3.8) is 0 Å². The number of allylic oxidation sites excluding steroid dienone is 1. The van der Waals surface area contributed by atoms with Crippen molar-refractivity contribution in [1.82, 2.24) is 0 Å². The number of hydrogen-bond donors (Lipinski definition) is 2. The van der Waals surface area contributed by atoms with Gasteiger partial charge in [-0.1, -0.05) is 24.3 Å². The zero-order valence-electron chi connectivity index (χ0n) is 7.84. The number of aliphatic hydroxyl groups excluding tert-OH is 1. The van der Waals surface area contributed by atoms with Crippen molar-refractivity contribution in [1.29, 1.82) is 0 Å². The predicted octanol–water partition coefficient (Wildman–Crippen LogP) is 1.27. The predicted molar refractivity (Wildman–Crippen MR) is 53.3 cm³/mol. The Morgan fingerprint density at radius 1 is 1.43 bits per heavy atom. The van der Waals surface area contributed by atoms with Gasteiger partial charge in [-0.05, 0) is 24.6 Å². The molecule has 0 spiro atoms. The Hall–Kier alpha value is -1.45. The molecular formula is C11H12O3. The molecule has 0 aromatic heterocycles. The van der Waals surface area contributed by atoms with Crippen molar-refractivity contribution in [2.75, 3.05) is 0 Å². The first-order valence-corrected chi connectivity index (χ1v) is 4.24. The summed E-state index contributed by atoms with van der Waals surface area (Å²) in [6, 6.07) is 6.71. The minimum atomic E-state index is -1.47. The number of rotatable bonds is 3. The van der Waals surface area contributed by atoms with Crippen molar-refractivity contribution < 1.29 is 15.0 Å². The molecule has 1 aromatic rings. The van der Waals surface area contributed by atoms with Gasteiger partial charge in [0.05, 0.1) is 0 Å². The summed E-state index contributed by atoms with van der Waals surface area (Å²) in [7, 11) is 0. The van der Waals surface area contributed by atoms with Crippen LogP contribution >= 0.6 is 0 Å². The molecule has 0 saturated heterocycles. The Balaban J connectivity index is 2.89. The summed E-state index contributed by atoms with van der Waals surface area (Å²) in [4.78, 5) is 10.7. The van der Waals surface area contributed by atoms with E-state index < -0.39 is 6.29 Å². The second-order valence-corrected chi connectivity index (χ2v) is 2.99. The average Bonchev–Trinajstić information content (AvgIpc) is 2.15. The average molecular weight is 192 g/mol. The molecule has 0 atom stereocenters. The number of aliphatic hydroxyl groups is 2. The summed E-state index contributed by atoms with van der Waals surface area (Å²) in [6.45, 7) is 1.46. The molecule has 1 aromatic carbocycles. The highest BCUT2D eigenvalue weighted by Crippen LogP contribution is 2.12. The van der Waals surface area contributed by atoms with Crippen LogP contribution < -0.4 is 0 Å². The molecule has 0 unspecified atom stereocenters.